The number of para-hydroxylation sites is 2. The Hall–Kier alpha value is -7.94. The first-order chi connectivity index (χ1) is 31.3. The first kappa shape index (κ1) is 36.9. The number of fused-ring (bicyclic) bond motifs is 6. The maximum absolute atomic E-state index is 2.50. The Balaban J connectivity index is 1.08. The van der Waals surface area contributed by atoms with Gasteiger partial charge in [0.2, 0.25) is 0 Å². The standard InChI is InChI=1S/C61H44N2/c1-5-19-43(20-6-1)44-35-39-49(40-36-44)62(50-41-37-45(38-42-50)51-29-17-33-57-59(51)54-28-14-16-32-56(54)63(57)48-25-11-4-12-26-48)58-34-18-30-53-52-27-13-15-31-55(52)61(60(53)58,46-21-7-2-8-22-46)47-23-9-3-10-24-47/h1-2,4-9,11-42H,3,10H2. The van der Waals surface area contributed by atoms with Gasteiger partial charge in [0.25, 0.3) is 0 Å². The lowest BCUT2D eigenvalue weighted by atomic mass is 9.65. The Morgan fingerprint density at radius 3 is 1.76 bits per heavy atom. The fourth-order valence-electron chi connectivity index (χ4n) is 10.6. The zero-order valence-corrected chi connectivity index (χ0v) is 34.9. The van der Waals surface area contributed by atoms with E-state index in [0.29, 0.717) is 0 Å². The summed E-state index contributed by atoms with van der Waals surface area (Å²) in [5.74, 6) is 0. The molecule has 0 N–H and O–H groups in total. The van der Waals surface area contributed by atoms with Gasteiger partial charge in [0, 0.05) is 33.4 Å². The second-order valence-corrected chi connectivity index (χ2v) is 16.7. The summed E-state index contributed by atoms with van der Waals surface area (Å²) in [6.45, 7) is 0. The van der Waals surface area contributed by atoms with Crippen LogP contribution < -0.4 is 4.90 Å². The van der Waals surface area contributed by atoms with Crippen LogP contribution in [-0.4, -0.2) is 4.57 Å². The average molecular weight is 805 g/mol. The summed E-state index contributed by atoms with van der Waals surface area (Å²) in [5, 5.41) is 2.51. The average Bonchev–Trinajstić information content (AvgIpc) is 3.87. The highest BCUT2D eigenvalue weighted by Gasteiger charge is 2.49. The predicted molar refractivity (Wildman–Crippen MR) is 265 cm³/mol. The summed E-state index contributed by atoms with van der Waals surface area (Å²) in [7, 11) is 0. The van der Waals surface area contributed by atoms with Crippen LogP contribution in [0.1, 0.15) is 29.5 Å². The number of hydrogen-bond donors (Lipinski definition) is 0. The van der Waals surface area contributed by atoms with Gasteiger partial charge in [0.15, 0.2) is 0 Å². The van der Waals surface area contributed by atoms with E-state index in [9.17, 15) is 0 Å². The molecule has 1 heterocycles. The minimum atomic E-state index is -0.522. The van der Waals surface area contributed by atoms with Gasteiger partial charge in [-0.05, 0) is 118 Å². The van der Waals surface area contributed by atoms with Gasteiger partial charge >= 0.3 is 0 Å². The highest BCUT2D eigenvalue weighted by molar-refractivity contribution is 6.15. The van der Waals surface area contributed by atoms with E-state index in [2.05, 4.69) is 252 Å². The molecule has 0 spiro atoms. The van der Waals surface area contributed by atoms with Crippen LogP contribution in [0.4, 0.5) is 17.1 Å². The molecule has 10 aromatic rings. The lowest BCUT2D eigenvalue weighted by Gasteiger charge is -2.39. The molecule has 298 valence electrons. The van der Waals surface area contributed by atoms with Crippen molar-refractivity contribution in [2.45, 2.75) is 18.3 Å². The molecular formula is C61H44N2. The van der Waals surface area contributed by atoms with Gasteiger partial charge < -0.3 is 9.47 Å². The third-order valence-corrected chi connectivity index (χ3v) is 13.3. The lowest BCUT2D eigenvalue weighted by molar-refractivity contribution is 0.751. The van der Waals surface area contributed by atoms with E-state index in [1.54, 1.807) is 0 Å². The van der Waals surface area contributed by atoms with E-state index in [1.807, 2.05) is 0 Å². The van der Waals surface area contributed by atoms with Gasteiger partial charge in [-0.3, -0.25) is 0 Å². The number of nitrogens with zero attached hydrogens (tertiary/aromatic N) is 2. The molecule has 0 bridgehead atoms. The van der Waals surface area contributed by atoms with Crippen molar-refractivity contribution in [1.29, 1.82) is 0 Å². The monoisotopic (exact) mass is 804 g/mol. The van der Waals surface area contributed by atoms with Gasteiger partial charge in [-0.25, -0.2) is 0 Å². The molecule has 2 aliphatic carbocycles. The summed E-state index contributed by atoms with van der Waals surface area (Å²) < 4.78 is 2.40. The van der Waals surface area contributed by atoms with Gasteiger partial charge in [-0.15, -0.1) is 0 Å². The van der Waals surface area contributed by atoms with Crippen LogP contribution in [0.5, 0.6) is 0 Å². The van der Waals surface area contributed by atoms with Crippen LogP contribution >= 0.6 is 0 Å². The molecule has 0 radical (unpaired) electrons. The molecule has 0 fully saturated rings. The summed E-state index contributed by atoms with van der Waals surface area (Å²) in [6.07, 6.45) is 9.31. The number of aromatic nitrogens is 1. The van der Waals surface area contributed by atoms with Crippen molar-refractivity contribution in [2.24, 2.45) is 0 Å². The maximum atomic E-state index is 2.50. The molecule has 63 heavy (non-hydrogen) atoms. The molecule has 0 saturated carbocycles. The third-order valence-electron chi connectivity index (χ3n) is 13.3. The maximum Gasteiger partial charge on any atom is 0.0730 e. The molecule has 2 heteroatoms. The van der Waals surface area contributed by atoms with Crippen molar-refractivity contribution in [3.8, 4) is 39.1 Å². The van der Waals surface area contributed by atoms with Gasteiger partial charge in [-0.1, -0.05) is 188 Å². The SMILES string of the molecule is C1=CC(C2(c3ccccc3)c3ccccc3-c3cccc(N(c4ccc(-c5ccccc5)cc4)c4ccc(-c5cccc6c5c5ccccc5n6-c5ccccc5)cc4)c32)=CCC1. The van der Waals surface area contributed by atoms with Crippen LogP contribution in [0, 0.1) is 0 Å². The highest BCUT2D eigenvalue weighted by Crippen LogP contribution is 2.61. The topological polar surface area (TPSA) is 8.17 Å². The lowest BCUT2D eigenvalue weighted by Crippen LogP contribution is -2.31. The molecule has 0 amide bonds. The zero-order chi connectivity index (χ0) is 41.7. The number of allylic oxidation sites excluding steroid dienone is 4. The van der Waals surface area contributed by atoms with E-state index >= 15 is 0 Å². The van der Waals surface area contributed by atoms with Crippen LogP contribution in [0.3, 0.4) is 0 Å². The third kappa shape index (κ3) is 5.86. The van der Waals surface area contributed by atoms with Crippen molar-refractivity contribution in [2.75, 3.05) is 4.90 Å². The second kappa shape index (κ2) is 15.2. The molecule has 9 aromatic carbocycles. The fraction of sp³-hybridized carbons (Fsp3) is 0.0492. The zero-order valence-electron chi connectivity index (χ0n) is 34.9. The van der Waals surface area contributed by atoms with E-state index in [0.717, 1.165) is 29.9 Å². The number of rotatable bonds is 8. The van der Waals surface area contributed by atoms with Gasteiger partial charge in [-0.2, -0.15) is 0 Å². The van der Waals surface area contributed by atoms with E-state index < -0.39 is 5.41 Å². The largest absolute Gasteiger partial charge is 0.310 e. The van der Waals surface area contributed by atoms with Crippen molar-refractivity contribution >= 4 is 38.9 Å². The summed E-state index contributed by atoms with van der Waals surface area (Å²) in [4.78, 5) is 2.50. The Morgan fingerprint density at radius 2 is 1.02 bits per heavy atom. The Labute approximate surface area is 369 Å². The van der Waals surface area contributed by atoms with Crippen LogP contribution in [-0.2, 0) is 5.41 Å². The molecule has 2 nitrogen and oxygen atoms in total. The van der Waals surface area contributed by atoms with Crippen molar-refractivity contribution in [3.05, 3.63) is 265 Å². The summed E-state index contributed by atoms with van der Waals surface area (Å²) in [6, 6.07) is 82.5. The van der Waals surface area contributed by atoms with Crippen LogP contribution in [0.15, 0.2) is 248 Å². The van der Waals surface area contributed by atoms with Gasteiger partial charge in [0.05, 0.1) is 22.1 Å². The molecule has 2 aliphatic rings. The van der Waals surface area contributed by atoms with Crippen molar-refractivity contribution in [1.82, 2.24) is 4.57 Å². The van der Waals surface area contributed by atoms with E-state index in [-0.39, 0.29) is 0 Å². The number of anilines is 3. The Morgan fingerprint density at radius 1 is 0.429 bits per heavy atom. The van der Waals surface area contributed by atoms with Crippen molar-refractivity contribution < 1.29 is 0 Å². The minimum Gasteiger partial charge on any atom is -0.310 e. The molecule has 1 atom stereocenters. The Bertz CT molecular complexity index is 3360. The van der Waals surface area contributed by atoms with Crippen molar-refractivity contribution in [3.63, 3.8) is 0 Å². The highest BCUT2D eigenvalue weighted by atomic mass is 15.1. The van der Waals surface area contributed by atoms with Crippen LogP contribution in [0.25, 0.3) is 60.9 Å². The smallest absolute Gasteiger partial charge is 0.0730 e. The quantitative estimate of drug-likeness (QED) is 0.149. The summed E-state index contributed by atoms with van der Waals surface area (Å²) in [5.41, 5.74) is 19.0. The minimum absolute atomic E-state index is 0.522. The molecular weight excluding hydrogens is 761 g/mol. The predicted octanol–water partition coefficient (Wildman–Crippen LogP) is 16.2. The molecule has 12 rings (SSSR count). The number of benzene rings is 9. The summed E-state index contributed by atoms with van der Waals surface area (Å²) >= 11 is 0. The number of hydrogen-bond acceptors (Lipinski definition) is 1. The fourth-order valence-corrected chi connectivity index (χ4v) is 10.6. The normalized spacial score (nSPS) is 15.3. The van der Waals surface area contributed by atoms with Crippen LogP contribution in [0.2, 0.25) is 0 Å². The Kier molecular flexibility index (Phi) is 8.90. The first-order valence-electron chi connectivity index (χ1n) is 22.1. The molecule has 1 unspecified atom stereocenters. The second-order valence-electron chi connectivity index (χ2n) is 16.7. The van der Waals surface area contributed by atoms with E-state index in [4.69, 9.17) is 0 Å². The molecule has 1 aromatic heterocycles. The van der Waals surface area contributed by atoms with Gasteiger partial charge in [0.1, 0.15) is 0 Å². The first-order valence-corrected chi connectivity index (χ1v) is 22.1. The van der Waals surface area contributed by atoms with E-state index in [1.165, 1.54) is 83.1 Å². The molecule has 0 aliphatic heterocycles. The molecule has 0 saturated heterocycles.